The van der Waals surface area contributed by atoms with Crippen LogP contribution in [0, 0.1) is 5.82 Å². The van der Waals surface area contributed by atoms with Gasteiger partial charge in [0.25, 0.3) is 11.7 Å². The Balaban J connectivity index is 1.81. The first-order chi connectivity index (χ1) is 16.9. The fourth-order valence-electron chi connectivity index (χ4n) is 4.01. The Hall–Kier alpha value is -4.20. The number of carbonyl (C=O) groups excluding carboxylic acids is 2. The van der Waals surface area contributed by atoms with Crippen LogP contribution in [0.3, 0.4) is 0 Å². The molecule has 35 heavy (non-hydrogen) atoms. The summed E-state index contributed by atoms with van der Waals surface area (Å²) in [6.07, 6.45) is 4.07. The lowest BCUT2D eigenvalue weighted by atomic mass is 9.95. The Kier molecular flexibility index (Phi) is 7.10. The molecule has 1 aliphatic heterocycles. The topological polar surface area (TPSA) is 89.0 Å². The van der Waals surface area contributed by atoms with E-state index in [1.165, 1.54) is 24.1 Å². The maximum absolute atomic E-state index is 14.4. The molecule has 0 saturated carbocycles. The van der Waals surface area contributed by atoms with E-state index in [9.17, 15) is 19.1 Å². The molecule has 2 heterocycles. The number of aliphatic hydroxyl groups is 1. The van der Waals surface area contributed by atoms with Crippen LogP contribution in [-0.2, 0) is 16.1 Å². The van der Waals surface area contributed by atoms with Crippen LogP contribution in [0.5, 0.6) is 11.5 Å². The molecule has 1 amide bonds. The first-order valence-electron chi connectivity index (χ1n) is 11.2. The number of methoxy groups -OCH3 is 1. The van der Waals surface area contributed by atoms with Crippen molar-refractivity contribution in [2.75, 3.05) is 13.7 Å². The number of benzene rings is 2. The lowest BCUT2D eigenvalue weighted by Gasteiger charge is -2.25. The molecule has 7 nitrogen and oxygen atoms in total. The van der Waals surface area contributed by atoms with Gasteiger partial charge in [-0.25, -0.2) is 4.39 Å². The Morgan fingerprint density at radius 2 is 1.91 bits per heavy atom. The molecule has 4 rings (SSSR count). The highest BCUT2D eigenvalue weighted by Gasteiger charge is 2.46. The van der Waals surface area contributed by atoms with Gasteiger partial charge in [-0.3, -0.25) is 14.6 Å². The second-order valence-corrected chi connectivity index (χ2v) is 8.06. The quantitative estimate of drug-likeness (QED) is 0.290. The van der Waals surface area contributed by atoms with Crippen molar-refractivity contribution in [3.05, 3.63) is 95.1 Å². The highest BCUT2D eigenvalue weighted by Crippen LogP contribution is 2.41. The molecule has 0 bridgehead atoms. The summed E-state index contributed by atoms with van der Waals surface area (Å²) in [6, 6.07) is 13.5. The van der Waals surface area contributed by atoms with Crippen LogP contribution in [0.1, 0.15) is 36.1 Å². The van der Waals surface area contributed by atoms with Crippen molar-refractivity contribution in [2.24, 2.45) is 0 Å². The van der Waals surface area contributed by atoms with Gasteiger partial charge in [0.2, 0.25) is 0 Å². The number of pyridine rings is 1. The number of amides is 1. The maximum Gasteiger partial charge on any atom is 0.295 e. The molecular formula is C27H25FN2O5. The Morgan fingerprint density at radius 1 is 1.14 bits per heavy atom. The van der Waals surface area contributed by atoms with Gasteiger partial charge in [0.1, 0.15) is 11.5 Å². The summed E-state index contributed by atoms with van der Waals surface area (Å²) in [4.78, 5) is 31.7. The minimum Gasteiger partial charge on any atom is -0.507 e. The third-order valence-corrected chi connectivity index (χ3v) is 5.71. The third-order valence-electron chi connectivity index (χ3n) is 5.71. The van der Waals surface area contributed by atoms with Crippen molar-refractivity contribution in [3.63, 3.8) is 0 Å². The van der Waals surface area contributed by atoms with E-state index in [0.29, 0.717) is 17.9 Å². The van der Waals surface area contributed by atoms with Gasteiger partial charge >= 0.3 is 0 Å². The summed E-state index contributed by atoms with van der Waals surface area (Å²) < 4.78 is 24.9. The predicted octanol–water partition coefficient (Wildman–Crippen LogP) is 4.64. The van der Waals surface area contributed by atoms with Crippen LogP contribution in [0.25, 0.3) is 5.76 Å². The van der Waals surface area contributed by atoms with E-state index in [1.807, 2.05) is 6.92 Å². The first-order valence-corrected chi connectivity index (χ1v) is 11.2. The molecule has 0 radical (unpaired) electrons. The fraction of sp³-hybridized carbons (Fsp3) is 0.222. The largest absolute Gasteiger partial charge is 0.507 e. The molecule has 1 fully saturated rings. The average molecular weight is 477 g/mol. The summed E-state index contributed by atoms with van der Waals surface area (Å²) in [5, 5.41) is 11.1. The standard InChI is InChI=1S/C27H25FN2O5/c1-3-13-35-20-9-6-18(7-10-20)24-23(25(31)19-8-11-22(34-2)21(28)14-19)26(32)27(33)30(24)16-17-5-4-12-29-15-17/h4-12,14-15,24,31H,3,13,16H2,1-2H3/b25-23+. The zero-order valence-corrected chi connectivity index (χ0v) is 19.4. The number of aliphatic hydroxyl groups excluding tert-OH is 1. The van der Waals surface area contributed by atoms with E-state index in [-0.39, 0.29) is 23.4 Å². The van der Waals surface area contributed by atoms with Crippen molar-refractivity contribution in [3.8, 4) is 11.5 Å². The number of likely N-dealkylation sites (tertiary alicyclic amines) is 1. The van der Waals surface area contributed by atoms with Gasteiger partial charge in [0.15, 0.2) is 11.6 Å². The van der Waals surface area contributed by atoms with Crippen LogP contribution >= 0.6 is 0 Å². The minimum atomic E-state index is -0.888. The van der Waals surface area contributed by atoms with E-state index in [0.717, 1.165) is 18.1 Å². The predicted molar refractivity (Wildman–Crippen MR) is 127 cm³/mol. The maximum atomic E-state index is 14.4. The zero-order valence-electron chi connectivity index (χ0n) is 19.4. The SMILES string of the molecule is CCCOc1ccc(C2/C(=C(\O)c3ccc(OC)c(F)c3)C(=O)C(=O)N2Cc2cccnc2)cc1. The number of halogens is 1. The van der Waals surface area contributed by atoms with E-state index in [2.05, 4.69) is 4.98 Å². The molecule has 3 aromatic rings. The van der Waals surface area contributed by atoms with E-state index in [4.69, 9.17) is 9.47 Å². The lowest BCUT2D eigenvalue weighted by Crippen LogP contribution is -2.29. The zero-order chi connectivity index (χ0) is 24.9. The van der Waals surface area contributed by atoms with Crippen LogP contribution in [0.15, 0.2) is 72.6 Å². The summed E-state index contributed by atoms with van der Waals surface area (Å²) in [7, 11) is 1.33. The van der Waals surface area contributed by atoms with Crippen LogP contribution in [-0.4, -0.2) is 40.4 Å². The second-order valence-electron chi connectivity index (χ2n) is 8.06. The number of hydrogen-bond donors (Lipinski definition) is 1. The molecule has 2 aromatic carbocycles. The smallest absolute Gasteiger partial charge is 0.295 e. The molecule has 0 spiro atoms. The molecule has 1 atom stereocenters. The number of nitrogens with zero attached hydrogens (tertiary/aromatic N) is 2. The highest BCUT2D eigenvalue weighted by atomic mass is 19.1. The van der Waals surface area contributed by atoms with Crippen molar-refractivity contribution in [2.45, 2.75) is 25.9 Å². The minimum absolute atomic E-state index is 0.00204. The number of aromatic nitrogens is 1. The molecule has 8 heteroatoms. The molecule has 180 valence electrons. The van der Waals surface area contributed by atoms with Gasteiger partial charge < -0.3 is 19.5 Å². The van der Waals surface area contributed by atoms with E-state index in [1.54, 1.807) is 48.8 Å². The number of ether oxygens (including phenoxy) is 2. The summed E-state index contributed by atoms with van der Waals surface area (Å²) in [6.45, 7) is 2.66. The van der Waals surface area contributed by atoms with Crippen molar-refractivity contribution >= 4 is 17.4 Å². The molecule has 0 aliphatic carbocycles. The molecule has 1 saturated heterocycles. The molecule has 1 N–H and O–H groups in total. The Labute approximate surface area is 202 Å². The molecule has 1 unspecified atom stereocenters. The monoisotopic (exact) mass is 476 g/mol. The molecular weight excluding hydrogens is 451 g/mol. The van der Waals surface area contributed by atoms with Crippen LogP contribution < -0.4 is 9.47 Å². The highest BCUT2D eigenvalue weighted by molar-refractivity contribution is 6.46. The molecule has 1 aromatic heterocycles. The summed E-state index contributed by atoms with van der Waals surface area (Å²) >= 11 is 0. The van der Waals surface area contributed by atoms with Gasteiger partial charge in [-0.2, -0.15) is 0 Å². The van der Waals surface area contributed by atoms with Gasteiger partial charge in [-0.15, -0.1) is 0 Å². The number of rotatable bonds is 8. The van der Waals surface area contributed by atoms with Gasteiger partial charge in [-0.05, 0) is 53.9 Å². The Bertz CT molecular complexity index is 1260. The number of ketones is 1. The molecule has 1 aliphatic rings. The van der Waals surface area contributed by atoms with Gasteiger partial charge in [0.05, 0.1) is 25.3 Å². The Morgan fingerprint density at radius 3 is 2.54 bits per heavy atom. The number of Topliss-reactive ketones (excluding diaryl/α,β-unsaturated/α-hetero) is 1. The lowest BCUT2D eigenvalue weighted by molar-refractivity contribution is -0.140. The van der Waals surface area contributed by atoms with Crippen molar-refractivity contribution < 1.29 is 28.6 Å². The number of carbonyl (C=O) groups is 2. The number of hydrogen-bond acceptors (Lipinski definition) is 6. The summed E-state index contributed by atoms with van der Waals surface area (Å²) in [5.41, 5.74) is 1.27. The van der Waals surface area contributed by atoms with Gasteiger partial charge in [-0.1, -0.05) is 25.1 Å². The normalized spacial score (nSPS) is 17.0. The first kappa shape index (κ1) is 23.9. The second kappa shape index (κ2) is 10.4. The van der Waals surface area contributed by atoms with E-state index >= 15 is 0 Å². The van der Waals surface area contributed by atoms with Crippen molar-refractivity contribution in [1.82, 2.24) is 9.88 Å². The van der Waals surface area contributed by atoms with E-state index < -0.39 is 29.3 Å². The fourth-order valence-corrected chi connectivity index (χ4v) is 4.01. The summed E-state index contributed by atoms with van der Waals surface area (Å²) in [5.74, 6) is -2.13. The van der Waals surface area contributed by atoms with Crippen LogP contribution in [0.4, 0.5) is 4.39 Å². The van der Waals surface area contributed by atoms with Gasteiger partial charge in [0, 0.05) is 24.5 Å². The third kappa shape index (κ3) is 4.87. The van der Waals surface area contributed by atoms with Crippen molar-refractivity contribution in [1.29, 1.82) is 0 Å². The average Bonchev–Trinajstić information content (AvgIpc) is 3.12. The van der Waals surface area contributed by atoms with Crippen LogP contribution in [0.2, 0.25) is 0 Å².